The minimum atomic E-state index is -3.84. The smallest absolute Gasteiger partial charge is 0.241 e. The van der Waals surface area contributed by atoms with Crippen molar-refractivity contribution in [3.63, 3.8) is 0 Å². The highest BCUT2D eigenvalue weighted by molar-refractivity contribution is 14.0. The summed E-state index contributed by atoms with van der Waals surface area (Å²) in [7, 11) is -2.43. The summed E-state index contributed by atoms with van der Waals surface area (Å²) in [5.41, 5.74) is 0.854. The Hall–Kier alpha value is -1.56. The Morgan fingerprint density at radius 2 is 1.72 bits per heavy atom. The van der Waals surface area contributed by atoms with Crippen LogP contribution in [-0.2, 0) is 16.4 Å². The monoisotopic (exact) mass is 536 g/mol. The van der Waals surface area contributed by atoms with Gasteiger partial charge in [-0.1, -0.05) is 18.2 Å². The van der Waals surface area contributed by atoms with E-state index < -0.39 is 10.0 Å². The van der Waals surface area contributed by atoms with Crippen molar-refractivity contribution in [2.24, 2.45) is 5.14 Å². The molecule has 9 heteroatoms. The average molecular weight is 536 g/mol. The number of hydrogen-bond donors (Lipinski definition) is 2. The van der Waals surface area contributed by atoms with Gasteiger partial charge in [-0.15, -0.1) is 24.0 Å². The second-order valence-corrected chi connectivity index (χ2v) is 7.85. The van der Waals surface area contributed by atoms with Crippen molar-refractivity contribution < 1.29 is 22.6 Å². The van der Waals surface area contributed by atoms with Crippen LogP contribution in [0.15, 0.2) is 47.4 Å². The molecule has 0 radical (unpaired) electrons. The van der Waals surface area contributed by atoms with E-state index in [4.69, 9.17) is 19.3 Å². The summed E-state index contributed by atoms with van der Waals surface area (Å²) in [6.45, 7) is 5.66. The quantitative estimate of drug-likeness (QED) is 0.339. The Balaban J connectivity index is 0.00000420. The molecule has 0 aliphatic carbocycles. The summed E-state index contributed by atoms with van der Waals surface area (Å²) in [4.78, 5) is -0.00411. The van der Waals surface area contributed by atoms with E-state index in [2.05, 4.69) is 5.32 Å². The van der Waals surface area contributed by atoms with E-state index in [0.29, 0.717) is 31.9 Å². The van der Waals surface area contributed by atoms with Crippen molar-refractivity contribution in [3.8, 4) is 17.2 Å². The molecular formula is C20H29IN2O5S. The second kappa shape index (κ2) is 12.2. The van der Waals surface area contributed by atoms with Gasteiger partial charge < -0.3 is 19.5 Å². The number of nitrogens with one attached hydrogen (secondary N) is 1. The Morgan fingerprint density at radius 1 is 1.07 bits per heavy atom. The molecule has 2 aromatic rings. The molecule has 0 aromatic heterocycles. The minimum absolute atomic E-state index is 0. The van der Waals surface area contributed by atoms with Gasteiger partial charge in [0.05, 0.1) is 13.7 Å². The lowest BCUT2D eigenvalue weighted by Gasteiger charge is -2.16. The number of benzene rings is 2. The van der Waals surface area contributed by atoms with Crippen LogP contribution in [0.3, 0.4) is 0 Å². The normalized spacial score (nSPS) is 12.0. The predicted molar refractivity (Wildman–Crippen MR) is 124 cm³/mol. The number of methoxy groups -OCH3 is 1. The lowest BCUT2D eigenvalue weighted by atomic mass is 10.1. The molecule has 0 bridgehead atoms. The topological polar surface area (TPSA) is 99.9 Å². The lowest BCUT2D eigenvalue weighted by Crippen LogP contribution is -2.32. The molecule has 1 atom stereocenters. The van der Waals surface area contributed by atoms with Gasteiger partial charge >= 0.3 is 0 Å². The fourth-order valence-electron chi connectivity index (χ4n) is 2.81. The van der Waals surface area contributed by atoms with Crippen LogP contribution in [0.4, 0.5) is 0 Å². The van der Waals surface area contributed by atoms with Crippen LogP contribution in [0.1, 0.15) is 19.4 Å². The molecular weight excluding hydrogens is 507 g/mol. The average Bonchev–Trinajstić information content (AvgIpc) is 2.66. The number of ether oxygens (including phenoxy) is 3. The highest BCUT2D eigenvalue weighted by Crippen LogP contribution is 2.26. The maximum atomic E-state index is 11.7. The van der Waals surface area contributed by atoms with Crippen molar-refractivity contribution in [2.75, 3.05) is 26.9 Å². The van der Waals surface area contributed by atoms with E-state index in [1.165, 1.54) is 7.11 Å². The van der Waals surface area contributed by atoms with E-state index in [0.717, 1.165) is 11.3 Å². The van der Waals surface area contributed by atoms with Crippen LogP contribution in [0.2, 0.25) is 0 Å². The molecule has 0 heterocycles. The molecule has 0 unspecified atom stereocenters. The number of nitrogens with two attached hydrogens (primary N) is 1. The third-order valence-corrected chi connectivity index (χ3v) is 5.01. The van der Waals surface area contributed by atoms with Crippen LogP contribution in [-0.4, -0.2) is 41.3 Å². The van der Waals surface area contributed by atoms with E-state index in [1.807, 2.05) is 44.2 Å². The fraction of sp³-hybridized carbons (Fsp3) is 0.400. The Morgan fingerprint density at radius 3 is 2.31 bits per heavy atom. The van der Waals surface area contributed by atoms with E-state index in [1.54, 1.807) is 12.1 Å². The van der Waals surface area contributed by atoms with Gasteiger partial charge in [0.1, 0.15) is 17.3 Å². The first-order chi connectivity index (χ1) is 13.3. The lowest BCUT2D eigenvalue weighted by molar-refractivity contribution is 0.272. The fourth-order valence-corrected chi connectivity index (χ4v) is 3.55. The summed E-state index contributed by atoms with van der Waals surface area (Å²) in [6.07, 6.45) is 0.641. The zero-order chi connectivity index (χ0) is 20.6. The van der Waals surface area contributed by atoms with Crippen LogP contribution < -0.4 is 24.7 Å². The zero-order valence-electron chi connectivity index (χ0n) is 16.9. The molecule has 0 saturated heterocycles. The molecule has 0 amide bonds. The van der Waals surface area contributed by atoms with Gasteiger partial charge in [-0.05, 0) is 50.1 Å². The standard InChI is InChI=1S/C20H28N2O5S.HI/c1-4-26-17-7-5-6-8-18(17)27-12-11-22-15(2)13-16-9-10-19(25-3)20(14-16)28(21,23)24;/h5-10,14-15,22H,4,11-13H2,1-3H3,(H2,21,23,24);1H/t15-;/m1./s1. The summed E-state index contributed by atoms with van der Waals surface area (Å²) in [5.74, 6) is 1.69. The number of sulfonamides is 1. The largest absolute Gasteiger partial charge is 0.495 e. The number of halogens is 1. The first kappa shape index (κ1) is 25.5. The summed E-state index contributed by atoms with van der Waals surface area (Å²) in [6, 6.07) is 12.7. The molecule has 0 spiro atoms. The first-order valence-corrected chi connectivity index (χ1v) is 10.7. The third kappa shape index (κ3) is 8.00. The molecule has 3 N–H and O–H groups in total. The van der Waals surface area contributed by atoms with Gasteiger partial charge in [0.2, 0.25) is 10.0 Å². The predicted octanol–water partition coefficient (Wildman–Crippen LogP) is 2.96. The van der Waals surface area contributed by atoms with Gasteiger partial charge in [0.15, 0.2) is 11.5 Å². The second-order valence-electron chi connectivity index (χ2n) is 6.32. The van der Waals surface area contributed by atoms with Gasteiger partial charge in [0, 0.05) is 12.6 Å². The van der Waals surface area contributed by atoms with Crippen LogP contribution in [0.5, 0.6) is 17.2 Å². The Labute approximate surface area is 190 Å². The SMILES string of the molecule is CCOc1ccccc1OCCN[C@H](C)Cc1ccc(OC)c(S(N)(=O)=O)c1.I. The molecule has 0 aliphatic heterocycles. The molecule has 0 saturated carbocycles. The molecule has 2 aromatic carbocycles. The van der Waals surface area contributed by atoms with Gasteiger partial charge in [-0.25, -0.2) is 13.6 Å². The minimum Gasteiger partial charge on any atom is -0.495 e. The maximum absolute atomic E-state index is 11.7. The summed E-state index contributed by atoms with van der Waals surface area (Å²) < 4.78 is 39.9. The molecule has 29 heavy (non-hydrogen) atoms. The van der Waals surface area contributed by atoms with Crippen LogP contribution >= 0.6 is 24.0 Å². The summed E-state index contributed by atoms with van der Waals surface area (Å²) >= 11 is 0. The molecule has 162 valence electrons. The Bertz CT molecular complexity index is 877. The van der Waals surface area contributed by atoms with Gasteiger partial charge in [-0.3, -0.25) is 0 Å². The van der Waals surface area contributed by atoms with E-state index in [9.17, 15) is 8.42 Å². The van der Waals surface area contributed by atoms with Crippen molar-refractivity contribution >= 4 is 34.0 Å². The number of primary sulfonamides is 1. The van der Waals surface area contributed by atoms with Crippen LogP contribution in [0.25, 0.3) is 0 Å². The highest BCUT2D eigenvalue weighted by Gasteiger charge is 2.16. The number of hydrogen-bond acceptors (Lipinski definition) is 6. The van der Waals surface area contributed by atoms with E-state index in [-0.39, 0.29) is 40.7 Å². The van der Waals surface area contributed by atoms with Gasteiger partial charge in [-0.2, -0.15) is 0 Å². The molecule has 7 nitrogen and oxygen atoms in total. The third-order valence-electron chi connectivity index (χ3n) is 4.08. The van der Waals surface area contributed by atoms with Crippen molar-refractivity contribution in [1.82, 2.24) is 5.32 Å². The van der Waals surface area contributed by atoms with Gasteiger partial charge in [0.25, 0.3) is 0 Å². The molecule has 0 aliphatic rings. The van der Waals surface area contributed by atoms with Crippen molar-refractivity contribution in [2.45, 2.75) is 31.2 Å². The van der Waals surface area contributed by atoms with Crippen molar-refractivity contribution in [3.05, 3.63) is 48.0 Å². The highest BCUT2D eigenvalue weighted by atomic mass is 127. The maximum Gasteiger partial charge on any atom is 0.241 e. The zero-order valence-corrected chi connectivity index (χ0v) is 20.0. The number of para-hydroxylation sites is 2. The number of rotatable bonds is 11. The molecule has 2 rings (SSSR count). The first-order valence-electron chi connectivity index (χ1n) is 9.13. The van der Waals surface area contributed by atoms with Crippen LogP contribution in [0, 0.1) is 0 Å². The van der Waals surface area contributed by atoms with Crippen molar-refractivity contribution in [1.29, 1.82) is 0 Å². The summed E-state index contributed by atoms with van der Waals surface area (Å²) in [5, 5.41) is 8.63. The van der Waals surface area contributed by atoms with E-state index >= 15 is 0 Å². The molecule has 0 fully saturated rings. The Kier molecular flexibility index (Phi) is 10.7.